The molecule has 2 N–H and O–H groups in total. The summed E-state index contributed by atoms with van der Waals surface area (Å²) in [5, 5.41) is 19.0. The molecule has 0 fully saturated rings. The van der Waals surface area contributed by atoms with E-state index in [9.17, 15) is 23.5 Å². The van der Waals surface area contributed by atoms with Gasteiger partial charge in [0.25, 0.3) is 0 Å². The van der Waals surface area contributed by atoms with Crippen LogP contribution in [0.3, 0.4) is 0 Å². The number of ketones is 1. The lowest BCUT2D eigenvalue weighted by molar-refractivity contribution is -0.140. The molecule has 0 saturated heterocycles. The fourth-order valence-electron chi connectivity index (χ4n) is 3.40. The van der Waals surface area contributed by atoms with Gasteiger partial charge in [0.1, 0.15) is 23.8 Å². The molecule has 168 valence electrons. The Morgan fingerprint density at radius 2 is 1.30 bits per heavy atom. The number of carboxylic acids is 1. The summed E-state index contributed by atoms with van der Waals surface area (Å²) in [5.74, 6) is -2.65. The van der Waals surface area contributed by atoms with Crippen molar-refractivity contribution in [2.45, 2.75) is 18.9 Å². The van der Waals surface area contributed by atoms with Crippen LogP contribution >= 0.6 is 0 Å². The molecule has 0 aromatic heterocycles. The highest BCUT2D eigenvalue weighted by molar-refractivity contribution is 6.02. The number of halogens is 2. The number of hydrogen-bond acceptors (Lipinski definition) is 3. The molecule has 3 aromatic rings. The molecule has 6 heteroatoms. The molecule has 4 nitrogen and oxygen atoms in total. The van der Waals surface area contributed by atoms with Gasteiger partial charge in [-0.2, -0.15) is 0 Å². The number of rotatable bonds is 9. The summed E-state index contributed by atoms with van der Waals surface area (Å²) in [6.07, 6.45) is 0.847. The minimum Gasteiger partial charge on any atom is -0.481 e. The normalized spacial score (nSPS) is 11.8. The quantitative estimate of drug-likeness (QED) is 0.266. The molecule has 1 unspecified atom stereocenters. The zero-order valence-electron chi connectivity index (χ0n) is 17.6. The van der Waals surface area contributed by atoms with Gasteiger partial charge < -0.3 is 10.2 Å². The summed E-state index contributed by atoms with van der Waals surface area (Å²) in [5.41, 5.74) is 3.44. The number of carbonyl (C=O) groups is 2. The lowest BCUT2D eigenvalue weighted by Gasteiger charge is -2.16. The van der Waals surface area contributed by atoms with Crippen molar-refractivity contribution in [3.63, 3.8) is 0 Å². The number of aliphatic hydroxyl groups excluding tert-OH is 1. The molecule has 33 heavy (non-hydrogen) atoms. The molecular weight excluding hydrogens is 426 g/mol. The van der Waals surface area contributed by atoms with Gasteiger partial charge in [0, 0.05) is 6.42 Å². The van der Waals surface area contributed by atoms with Gasteiger partial charge in [-0.05, 0) is 52.1 Å². The van der Waals surface area contributed by atoms with E-state index in [2.05, 4.69) is 0 Å². The van der Waals surface area contributed by atoms with Gasteiger partial charge in [-0.3, -0.25) is 9.59 Å². The van der Waals surface area contributed by atoms with Crippen LogP contribution in [0.1, 0.15) is 29.5 Å². The summed E-state index contributed by atoms with van der Waals surface area (Å²) in [6, 6.07) is 21.0. The Kier molecular flexibility index (Phi) is 8.00. The van der Waals surface area contributed by atoms with Crippen LogP contribution < -0.4 is 0 Å². The Bertz CT molecular complexity index is 1120. The molecule has 0 radical (unpaired) electrons. The molecule has 0 aliphatic carbocycles. The highest BCUT2D eigenvalue weighted by Crippen LogP contribution is 2.33. The molecule has 0 aliphatic rings. The van der Waals surface area contributed by atoms with Gasteiger partial charge in [-0.15, -0.1) is 0 Å². The summed E-state index contributed by atoms with van der Waals surface area (Å²) in [4.78, 5) is 22.5. The molecule has 0 bridgehead atoms. The second-order valence-electron chi connectivity index (χ2n) is 7.41. The zero-order valence-corrected chi connectivity index (χ0v) is 17.6. The smallest absolute Gasteiger partial charge is 0.310 e. The van der Waals surface area contributed by atoms with Crippen molar-refractivity contribution in [1.82, 2.24) is 0 Å². The molecule has 3 aromatic carbocycles. The van der Waals surface area contributed by atoms with Crippen LogP contribution in [0, 0.1) is 11.6 Å². The largest absolute Gasteiger partial charge is 0.481 e. The Balaban J connectivity index is 2.13. The number of aliphatic hydroxyl groups is 1. The van der Waals surface area contributed by atoms with E-state index >= 15 is 0 Å². The fraction of sp³-hybridized carbons (Fsp3) is 0.111. The van der Waals surface area contributed by atoms with Crippen molar-refractivity contribution in [2.75, 3.05) is 0 Å². The average Bonchev–Trinajstić information content (AvgIpc) is 2.78. The summed E-state index contributed by atoms with van der Waals surface area (Å²) < 4.78 is 27.2. The molecule has 0 heterocycles. The van der Waals surface area contributed by atoms with Crippen LogP contribution in [-0.4, -0.2) is 28.1 Å². The minimum absolute atomic E-state index is 0.340. The number of carbonyl (C=O) groups excluding carboxylic acids is 1. The Morgan fingerprint density at radius 3 is 1.79 bits per heavy atom. The predicted octanol–water partition coefficient (Wildman–Crippen LogP) is 5.27. The Morgan fingerprint density at radius 1 is 0.788 bits per heavy atom. The van der Waals surface area contributed by atoms with Crippen LogP contribution in [-0.2, 0) is 9.59 Å². The molecule has 0 saturated carbocycles. The van der Waals surface area contributed by atoms with Gasteiger partial charge >= 0.3 is 5.97 Å². The van der Waals surface area contributed by atoms with Crippen molar-refractivity contribution in [2.24, 2.45) is 0 Å². The Labute approximate surface area is 190 Å². The third kappa shape index (κ3) is 6.79. The molecule has 3 rings (SSSR count). The second-order valence-corrected chi connectivity index (χ2v) is 7.41. The van der Waals surface area contributed by atoms with E-state index in [1.807, 2.05) is 30.3 Å². The number of carboxylic acid groups (broad SMARTS) is 1. The van der Waals surface area contributed by atoms with Crippen molar-refractivity contribution >= 4 is 22.9 Å². The number of benzene rings is 3. The van der Waals surface area contributed by atoms with E-state index in [-0.39, 0.29) is 6.42 Å². The topological polar surface area (TPSA) is 74.6 Å². The fourth-order valence-corrected chi connectivity index (χ4v) is 3.40. The number of hydrogen-bond donors (Lipinski definition) is 2. The van der Waals surface area contributed by atoms with Gasteiger partial charge in [0.05, 0.1) is 6.10 Å². The predicted molar refractivity (Wildman–Crippen MR) is 122 cm³/mol. The van der Waals surface area contributed by atoms with Crippen molar-refractivity contribution in [3.05, 3.63) is 119 Å². The first-order chi connectivity index (χ1) is 15.8. The lowest BCUT2D eigenvalue weighted by Crippen LogP contribution is -2.14. The van der Waals surface area contributed by atoms with Crippen molar-refractivity contribution in [1.29, 1.82) is 0 Å². The summed E-state index contributed by atoms with van der Waals surface area (Å²) in [6.45, 7) is 0. The van der Waals surface area contributed by atoms with E-state index in [4.69, 9.17) is 5.11 Å². The molecule has 0 spiro atoms. The first-order valence-electron chi connectivity index (χ1n) is 10.2. The maximum Gasteiger partial charge on any atom is 0.310 e. The maximum absolute atomic E-state index is 13.6. The highest BCUT2D eigenvalue weighted by atomic mass is 19.1. The van der Waals surface area contributed by atoms with E-state index in [0.29, 0.717) is 22.3 Å². The van der Waals surface area contributed by atoms with Crippen molar-refractivity contribution < 1.29 is 28.6 Å². The van der Waals surface area contributed by atoms with Crippen LogP contribution in [0.15, 0.2) is 91.0 Å². The number of Topliss-reactive ketones (excluding diaryl/α,β-unsaturated/α-hetero) is 1. The van der Waals surface area contributed by atoms with Crippen LogP contribution in [0.5, 0.6) is 0 Å². The number of aliphatic carboxylic acids is 1. The first kappa shape index (κ1) is 23.8. The molecule has 0 amide bonds. The Hall–Kier alpha value is -3.90. The second kappa shape index (κ2) is 11.1. The summed E-state index contributed by atoms with van der Waals surface area (Å²) in [7, 11) is 0. The van der Waals surface area contributed by atoms with E-state index in [1.165, 1.54) is 30.3 Å². The monoisotopic (exact) mass is 448 g/mol. The standard InChI is InChI=1S/C27H22F2O4/c28-21-10-6-19(7-11-21)27(20-8-12-22(29)13-9-20)25(18-4-2-1-3-5-18)15-14-23(30)16-24(31)17-26(32)33/h1-15,23,30H,16-17H2,(H,32,33)/b15-14+. The van der Waals surface area contributed by atoms with Crippen LogP contribution in [0.2, 0.25) is 0 Å². The van der Waals surface area contributed by atoms with Crippen LogP contribution in [0.25, 0.3) is 11.1 Å². The maximum atomic E-state index is 13.6. The third-order valence-electron chi connectivity index (χ3n) is 4.89. The van der Waals surface area contributed by atoms with Gasteiger partial charge in [0.2, 0.25) is 0 Å². The van der Waals surface area contributed by atoms with Gasteiger partial charge in [-0.1, -0.05) is 66.7 Å². The summed E-state index contributed by atoms with van der Waals surface area (Å²) >= 11 is 0. The number of allylic oxidation sites excluding steroid dienone is 2. The SMILES string of the molecule is O=C(O)CC(=O)CC(O)/C=C/C(=C(c1ccc(F)cc1)c1ccc(F)cc1)c1ccccc1. The van der Waals surface area contributed by atoms with Crippen molar-refractivity contribution in [3.8, 4) is 0 Å². The van der Waals surface area contributed by atoms with Gasteiger partial charge in [-0.25, -0.2) is 8.78 Å². The minimum atomic E-state index is -1.25. The lowest BCUT2D eigenvalue weighted by atomic mass is 9.89. The zero-order chi connectivity index (χ0) is 23.8. The molecular formula is C27H22F2O4. The highest BCUT2D eigenvalue weighted by Gasteiger charge is 2.15. The third-order valence-corrected chi connectivity index (χ3v) is 4.89. The van der Waals surface area contributed by atoms with Crippen LogP contribution in [0.4, 0.5) is 8.78 Å². The first-order valence-corrected chi connectivity index (χ1v) is 10.2. The van der Waals surface area contributed by atoms with Gasteiger partial charge in [0.15, 0.2) is 0 Å². The van der Waals surface area contributed by atoms with E-state index in [0.717, 1.165) is 5.56 Å². The molecule has 1 atom stereocenters. The molecule has 0 aliphatic heterocycles. The van der Waals surface area contributed by atoms with E-state index < -0.39 is 35.9 Å². The van der Waals surface area contributed by atoms with E-state index in [1.54, 1.807) is 30.3 Å². The average molecular weight is 448 g/mol.